The number of carbonyl (C=O) groups is 3. The fraction of sp³-hybridized carbons (Fsp3) is 0.700. The zero-order valence-corrected chi connectivity index (χ0v) is 41.5. The molecule has 0 aliphatic carbocycles. The first-order chi connectivity index (χ1) is 27.6. The average Bonchev–Trinajstić information content (AvgIpc) is 3.15. The quantitative estimate of drug-likeness (QED) is 0.0593. The Hall–Kier alpha value is -2.75. The monoisotopic (exact) mass is 892 g/mol. The van der Waals surface area contributed by atoms with Crippen LogP contribution in [-0.4, -0.2) is 48.9 Å². The van der Waals surface area contributed by atoms with Gasteiger partial charge in [0.25, 0.3) is 0 Å². The molecular weight excluding hydrogens is 806 g/mol. The van der Waals surface area contributed by atoms with Crippen LogP contribution in [0.3, 0.4) is 0 Å². The lowest BCUT2D eigenvalue weighted by Crippen LogP contribution is -2.33. The molecule has 0 saturated carbocycles. The van der Waals surface area contributed by atoms with Crippen LogP contribution in [-0.2, 0) is 35.1 Å². The second-order valence-electron chi connectivity index (χ2n) is 18.0. The van der Waals surface area contributed by atoms with Crippen molar-refractivity contribution in [3.63, 3.8) is 0 Å². The minimum absolute atomic E-state index is 0.152. The van der Waals surface area contributed by atoms with Crippen LogP contribution in [0, 0.1) is 35.5 Å². The Bertz CT molecular complexity index is 1330. The van der Waals surface area contributed by atoms with Gasteiger partial charge in [0, 0.05) is 25.7 Å². The van der Waals surface area contributed by atoms with Crippen molar-refractivity contribution in [3.8, 4) is 0 Å². The zero-order valence-electron chi connectivity index (χ0n) is 40.0. The second-order valence-corrected chi connectivity index (χ2v) is 18.4. The van der Waals surface area contributed by atoms with Gasteiger partial charge in [-0.2, -0.15) is 0 Å². The van der Waals surface area contributed by atoms with Crippen LogP contribution in [0.15, 0.2) is 65.3 Å². The highest BCUT2D eigenvalue weighted by Crippen LogP contribution is 2.29. The van der Waals surface area contributed by atoms with E-state index in [0.717, 1.165) is 50.4 Å². The number of ether oxygens (including phenoxy) is 4. The van der Waals surface area contributed by atoms with Gasteiger partial charge in [-0.1, -0.05) is 140 Å². The summed E-state index contributed by atoms with van der Waals surface area (Å²) in [6.07, 6.45) is 12.0. The SMILES string of the molecule is C/C(=C\Br)C(=O)OCc1ccccc1.C=C[C@H](OCCC)[C@@H](CCC(C)C)C(C)C.CCCO[C@@H](CC/C=C(\NC(=O)OC(C)(C)C)C(C)=O)[C@@H](CCC(C)C)C(C)C. The minimum Gasteiger partial charge on any atom is -0.457 e. The lowest BCUT2D eigenvalue weighted by molar-refractivity contribution is -0.140. The molecule has 0 aliphatic heterocycles. The third kappa shape index (κ3) is 30.9. The number of allylic oxidation sites excluding steroid dienone is 2. The van der Waals surface area contributed by atoms with E-state index >= 15 is 0 Å². The number of benzene rings is 1. The molecular formula is C50H86BrNO7. The van der Waals surface area contributed by atoms with Gasteiger partial charge in [-0.15, -0.1) is 6.58 Å². The number of hydrogen-bond acceptors (Lipinski definition) is 7. The Morgan fingerprint density at radius 2 is 1.31 bits per heavy atom. The number of Topliss-reactive ketones (excluding diaryl/α,β-unsaturated/α-hetero) is 1. The fourth-order valence-electron chi connectivity index (χ4n) is 6.16. The lowest BCUT2D eigenvalue weighted by Gasteiger charge is -2.31. The van der Waals surface area contributed by atoms with E-state index in [-0.39, 0.29) is 29.7 Å². The summed E-state index contributed by atoms with van der Waals surface area (Å²) in [6.45, 7) is 36.8. The molecule has 4 atom stereocenters. The molecule has 0 fully saturated rings. The van der Waals surface area contributed by atoms with Crippen LogP contribution in [0.25, 0.3) is 0 Å². The highest BCUT2D eigenvalue weighted by Gasteiger charge is 2.26. The van der Waals surface area contributed by atoms with Crippen molar-refractivity contribution in [2.75, 3.05) is 13.2 Å². The Morgan fingerprint density at radius 3 is 1.75 bits per heavy atom. The van der Waals surface area contributed by atoms with Crippen LogP contribution in [0.5, 0.6) is 0 Å². The van der Waals surface area contributed by atoms with Crippen LogP contribution in [0.1, 0.15) is 161 Å². The Balaban J connectivity index is 0. The molecule has 0 unspecified atom stereocenters. The molecule has 0 heterocycles. The molecule has 1 aromatic rings. The van der Waals surface area contributed by atoms with Crippen molar-refractivity contribution in [2.24, 2.45) is 35.5 Å². The molecule has 1 aromatic carbocycles. The van der Waals surface area contributed by atoms with Crippen molar-refractivity contribution in [1.29, 1.82) is 0 Å². The number of rotatable bonds is 25. The number of halogens is 1. The maximum absolute atomic E-state index is 12.0. The highest BCUT2D eigenvalue weighted by molar-refractivity contribution is 9.11. The average molecular weight is 893 g/mol. The van der Waals surface area contributed by atoms with E-state index in [0.29, 0.717) is 48.2 Å². The summed E-state index contributed by atoms with van der Waals surface area (Å²) in [7, 11) is 0. The predicted octanol–water partition coefficient (Wildman–Crippen LogP) is 14.0. The summed E-state index contributed by atoms with van der Waals surface area (Å²) in [4.78, 5) is 36.7. The fourth-order valence-corrected chi connectivity index (χ4v) is 6.34. The lowest BCUT2D eigenvalue weighted by atomic mass is 9.82. The molecule has 0 aromatic heterocycles. The summed E-state index contributed by atoms with van der Waals surface area (Å²) in [5.41, 5.74) is 1.23. The molecule has 1 N–H and O–H groups in total. The molecule has 0 bridgehead atoms. The highest BCUT2D eigenvalue weighted by atomic mass is 79.9. The van der Waals surface area contributed by atoms with Gasteiger partial charge in [0.2, 0.25) is 0 Å². The van der Waals surface area contributed by atoms with Gasteiger partial charge in [0.05, 0.1) is 17.9 Å². The summed E-state index contributed by atoms with van der Waals surface area (Å²) < 4.78 is 22.4. The maximum atomic E-state index is 12.0. The second kappa shape index (κ2) is 33.9. The number of alkyl carbamates (subject to hydrolysis) is 1. The summed E-state index contributed by atoms with van der Waals surface area (Å²) in [5, 5.41) is 2.59. The van der Waals surface area contributed by atoms with E-state index in [9.17, 15) is 14.4 Å². The van der Waals surface area contributed by atoms with Crippen molar-refractivity contribution in [3.05, 3.63) is 70.9 Å². The van der Waals surface area contributed by atoms with E-state index in [1.807, 2.05) is 36.4 Å². The van der Waals surface area contributed by atoms with Crippen LogP contribution >= 0.6 is 15.9 Å². The standard InChI is InChI=1S/C24H45NO4.C15H30O.C11H11BrO2/c1-10-16-28-22(20(18(4)5)15-14-17(2)3)13-11-12-21(19(6)26)25-23(27)29-24(7,8)9;1-7-11-16-15(8-2)14(13(5)6)10-9-12(3)4;1-9(7-12)11(13)14-8-10-5-3-2-4-6-10/h12,17-18,20,22H,10-11,13-16H2,1-9H3,(H,25,27);8,12-15H,2,7,9-11H2,1,3-6H3;2-7H,8H2,1H3/b21-12-;;9-7+/t20-,22-;14-,15-;/m00./s1. The summed E-state index contributed by atoms with van der Waals surface area (Å²) in [6, 6.07) is 9.59. The Labute approximate surface area is 370 Å². The Kier molecular flexibility index (Phi) is 33.5. The van der Waals surface area contributed by atoms with E-state index in [2.05, 4.69) is 97.1 Å². The zero-order chi connectivity index (χ0) is 45.6. The third-order valence-electron chi connectivity index (χ3n) is 9.56. The van der Waals surface area contributed by atoms with Gasteiger partial charge in [-0.3, -0.25) is 10.1 Å². The van der Waals surface area contributed by atoms with Gasteiger partial charge in [0.1, 0.15) is 12.2 Å². The van der Waals surface area contributed by atoms with E-state index in [4.69, 9.17) is 18.9 Å². The number of esters is 1. The normalized spacial score (nSPS) is 14.1. The van der Waals surface area contributed by atoms with E-state index in [1.165, 1.54) is 26.2 Å². The minimum atomic E-state index is -0.605. The van der Waals surface area contributed by atoms with Crippen LogP contribution < -0.4 is 5.32 Å². The van der Waals surface area contributed by atoms with Gasteiger partial charge >= 0.3 is 12.1 Å². The topological polar surface area (TPSA) is 100 Å². The van der Waals surface area contributed by atoms with Crippen molar-refractivity contribution >= 4 is 33.8 Å². The summed E-state index contributed by atoms with van der Waals surface area (Å²) in [5.74, 6) is 3.27. The number of hydrogen-bond donors (Lipinski definition) is 1. The molecule has 0 spiro atoms. The van der Waals surface area contributed by atoms with Gasteiger partial charge < -0.3 is 18.9 Å². The maximum Gasteiger partial charge on any atom is 0.412 e. The molecule has 1 rings (SSSR count). The third-order valence-corrected chi connectivity index (χ3v) is 10.2. The summed E-state index contributed by atoms with van der Waals surface area (Å²) >= 11 is 3.08. The molecule has 340 valence electrons. The number of nitrogens with one attached hydrogen (secondary N) is 1. The van der Waals surface area contributed by atoms with Gasteiger partial charge in [0.15, 0.2) is 5.78 Å². The molecule has 1 amide bonds. The van der Waals surface area contributed by atoms with Crippen molar-refractivity contribution < 1.29 is 33.3 Å². The van der Waals surface area contributed by atoms with Crippen LogP contribution in [0.4, 0.5) is 4.79 Å². The predicted molar refractivity (Wildman–Crippen MR) is 251 cm³/mol. The molecule has 0 saturated heterocycles. The Morgan fingerprint density at radius 1 is 0.780 bits per heavy atom. The first kappa shape index (κ1) is 58.3. The smallest absolute Gasteiger partial charge is 0.412 e. The number of ketones is 1. The van der Waals surface area contributed by atoms with Gasteiger partial charge in [-0.25, -0.2) is 9.59 Å². The number of amides is 1. The van der Waals surface area contributed by atoms with Gasteiger partial charge in [-0.05, 0) is 112 Å². The largest absolute Gasteiger partial charge is 0.457 e. The number of carbonyl (C=O) groups excluding carboxylic acids is 3. The first-order valence-electron chi connectivity index (χ1n) is 22.2. The first-order valence-corrected chi connectivity index (χ1v) is 23.1. The van der Waals surface area contributed by atoms with E-state index < -0.39 is 11.7 Å². The van der Waals surface area contributed by atoms with Crippen molar-refractivity contribution in [1.82, 2.24) is 5.32 Å². The van der Waals surface area contributed by atoms with Crippen molar-refractivity contribution in [2.45, 2.75) is 180 Å². The van der Waals surface area contributed by atoms with E-state index in [1.54, 1.807) is 38.8 Å². The molecule has 0 radical (unpaired) electrons. The molecule has 59 heavy (non-hydrogen) atoms. The van der Waals surface area contributed by atoms with Crippen LogP contribution in [0.2, 0.25) is 0 Å². The molecule has 8 nitrogen and oxygen atoms in total. The molecule has 0 aliphatic rings. The molecule has 9 heteroatoms.